The highest BCUT2D eigenvalue weighted by atomic mass is 32.2. The highest BCUT2D eigenvalue weighted by Gasteiger charge is 1.96. The Kier molecular flexibility index (Phi) is 14.2. The van der Waals surface area contributed by atoms with Gasteiger partial charge < -0.3 is 5.32 Å². The van der Waals surface area contributed by atoms with Crippen LogP contribution in [0.1, 0.15) is 52.4 Å². The molecule has 0 aromatic carbocycles. The van der Waals surface area contributed by atoms with Crippen LogP contribution in [0.5, 0.6) is 0 Å². The van der Waals surface area contributed by atoms with Crippen molar-refractivity contribution in [3.8, 4) is 0 Å². The fourth-order valence-electron chi connectivity index (χ4n) is 1.62. The van der Waals surface area contributed by atoms with E-state index in [0.717, 1.165) is 24.6 Å². The van der Waals surface area contributed by atoms with Gasteiger partial charge in [-0.05, 0) is 24.8 Å². The van der Waals surface area contributed by atoms with Crippen LogP contribution in [0.25, 0.3) is 0 Å². The van der Waals surface area contributed by atoms with E-state index in [9.17, 15) is 9.59 Å². The van der Waals surface area contributed by atoms with Gasteiger partial charge in [0.1, 0.15) is 0 Å². The van der Waals surface area contributed by atoms with E-state index >= 15 is 0 Å². The first-order valence-corrected chi connectivity index (χ1v) is 8.53. The van der Waals surface area contributed by atoms with Gasteiger partial charge >= 0.3 is 0 Å². The fraction of sp³-hybridized carbons (Fsp3) is 0.529. The minimum absolute atomic E-state index is 0.0897. The molecule has 0 saturated carbocycles. The van der Waals surface area contributed by atoms with Crippen LogP contribution in [0, 0.1) is 0 Å². The summed E-state index contributed by atoms with van der Waals surface area (Å²) < 4.78 is 0. The summed E-state index contributed by atoms with van der Waals surface area (Å²) in [5, 5.41) is 4.26. The van der Waals surface area contributed by atoms with Crippen molar-refractivity contribution in [2.24, 2.45) is 0 Å². The zero-order valence-corrected chi connectivity index (χ0v) is 14.0. The number of allylic oxidation sites excluding steroid dienone is 3. The molecule has 0 rings (SSSR count). The van der Waals surface area contributed by atoms with Crippen LogP contribution in [-0.4, -0.2) is 17.6 Å². The van der Waals surface area contributed by atoms with Crippen molar-refractivity contribution in [2.75, 3.05) is 6.54 Å². The number of amides is 1. The second-order valence-corrected chi connectivity index (χ2v) is 5.59. The van der Waals surface area contributed by atoms with Gasteiger partial charge in [-0.25, -0.2) is 0 Å². The molecule has 0 unspecified atom stereocenters. The van der Waals surface area contributed by atoms with E-state index in [4.69, 9.17) is 0 Å². The quantitative estimate of drug-likeness (QED) is 0.350. The van der Waals surface area contributed by atoms with Crippen LogP contribution in [0.15, 0.2) is 35.8 Å². The third-order valence-electron chi connectivity index (χ3n) is 2.77. The van der Waals surface area contributed by atoms with Crippen LogP contribution in [0.2, 0.25) is 0 Å². The van der Waals surface area contributed by atoms with Crippen molar-refractivity contribution in [3.63, 3.8) is 0 Å². The summed E-state index contributed by atoms with van der Waals surface area (Å²) in [4.78, 5) is 22.8. The molecule has 0 spiro atoms. The van der Waals surface area contributed by atoms with E-state index < -0.39 is 0 Å². The number of nitrogens with one attached hydrogen (secondary N) is 1. The monoisotopic (exact) mass is 309 g/mol. The Morgan fingerprint density at radius 3 is 2.43 bits per heavy atom. The second kappa shape index (κ2) is 15.1. The van der Waals surface area contributed by atoms with Crippen molar-refractivity contribution in [1.82, 2.24) is 5.32 Å². The molecule has 0 aromatic rings. The molecule has 0 aliphatic heterocycles. The molecule has 0 aliphatic rings. The number of carbonyl (C=O) groups excluding carboxylic acids is 2. The topological polar surface area (TPSA) is 46.2 Å². The van der Waals surface area contributed by atoms with E-state index in [-0.39, 0.29) is 11.0 Å². The lowest BCUT2D eigenvalue weighted by Crippen LogP contribution is -2.21. The minimum atomic E-state index is -0.138. The Balaban J connectivity index is 3.60. The first-order chi connectivity index (χ1) is 10.2. The van der Waals surface area contributed by atoms with Crippen molar-refractivity contribution >= 4 is 22.8 Å². The van der Waals surface area contributed by atoms with Crippen molar-refractivity contribution in [2.45, 2.75) is 52.4 Å². The Bertz CT molecular complexity index is 373. The lowest BCUT2D eigenvalue weighted by atomic mass is 10.1. The third kappa shape index (κ3) is 14.9. The Morgan fingerprint density at radius 2 is 1.71 bits per heavy atom. The highest BCUT2D eigenvalue weighted by Crippen LogP contribution is 2.05. The molecule has 0 radical (unpaired) electrons. The largest absolute Gasteiger partial charge is 0.353 e. The van der Waals surface area contributed by atoms with Crippen LogP contribution in [0.3, 0.4) is 0 Å². The van der Waals surface area contributed by atoms with Gasteiger partial charge in [0.15, 0.2) is 0 Å². The smallest absolute Gasteiger partial charge is 0.244 e. The van der Waals surface area contributed by atoms with Crippen LogP contribution in [-0.2, 0) is 9.59 Å². The standard InChI is InChI=1S/C17H27NO2S/c1-3-5-7-8-9-11-14-18-16(19)13-15-21-17(20)12-10-6-4-2/h4,6,10,12-13,15H,3,5,7-9,11,14H2,1-2H3,(H,18,19)/b6-4+,12-10+,15-13-. The van der Waals surface area contributed by atoms with Crippen molar-refractivity contribution in [3.05, 3.63) is 35.8 Å². The zero-order chi connectivity index (χ0) is 15.8. The predicted octanol–water partition coefficient (Wildman–Crippen LogP) is 4.37. The molecule has 118 valence electrons. The zero-order valence-electron chi connectivity index (χ0n) is 13.1. The maximum absolute atomic E-state index is 11.5. The Hall–Kier alpha value is -1.29. The van der Waals surface area contributed by atoms with Gasteiger partial charge in [0.2, 0.25) is 11.0 Å². The molecule has 3 nitrogen and oxygen atoms in total. The first-order valence-electron chi connectivity index (χ1n) is 7.65. The number of unbranched alkanes of at least 4 members (excludes halogenated alkanes) is 5. The van der Waals surface area contributed by atoms with E-state index in [1.54, 1.807) is 12.2 Å². The van der Waals surface area contributed by atoms with Gasteiger partial charge in [-0.1, -0.05) is 69.0 Å². The summed E-state index contributed by atoms with van der Waals surface area (Å²) in [6, 6.07) is 0. The summed E-state index contributed by atoms with van der Waals surface area (Å²) in [5.41, 5.74) is 0. The molecular formula is C17H27NO2S. The molecule has 0 atom stereocenters. The Morgan fingerprint density at radius 1 is 1.00 bits per heavy atom. The molecule has 4 heteroatoms. The molecular weight excluding hydrogens is 282 g/mol. The Labute approximate surface area is 133 Å². The number of hydrogen-bond donors (Lipinski definition) is 1. The number of hydrogen-bond acceptors (Lipinski definition) is 3. The summed E-state index contributed by atoms with van der Waals surface area (Å²) in [5.74, 6) is -0.138. The normalized spacial score (nSPS) is 11.7. The van der Waals surface area contributed by atoms with Gasteiger partial charge in [-0.2, -0.15) is 0 Å². The van der Waals surface area contributed by atoms with Crippen molar-refractivity contribution in [1.29, 1.82) is 0 Å². The fourth-order valence-corrected chi connectivity index (χ4v) is 2.11. The number of rotatable bonds is 11. The van der Waals surface area contributed by atoms with E-state index in [1.165, 1.54) is 43.2 Å². The van der Waals surface area contributed by atoms with Crippen LogP contribution < -0.4 is 5.32 Å². The molecule has 21 heavy (non-hydrogen) atoms. The van der Waals surface area contributed by atoms with E-state index in [1.807, 2.05) is 13.0 Å². The van der Waals surface area contributed by atoms with Crippen LogP contribution >= 0.6 is 11.8 Å². The number of carbonyl (C=O) groups is 2. The molecule has 1 amide bonds. The first kappa shape index (κ1) is 19.7. The summed E-state index contributed by atoms with van der Waals surface area (Å²) >= 11 is 1.01. The maximum atomic E-state index is 11.5. The average molecular weight is 309 g/mol. The van der Waals surface area contributed by atoms with Gasteiger partial charge in [0, 0.05) is 12.6 Å². The molecule has 0 fully saturated rings. The van der Waals surface area contributed by atoms with Gasteiger partial charge in [0.05, 0.1) is 0 Å². The minimum Gasteiger partial charge on any atom is -0.353 e. The molecule has 0 heterocycles. The van der Waals surface area contributed by atoms with E-state index in [2.05, 4.69) is 12.2 Å². The number of thioether (sulfide) groups is 1. The lowest BCUT2D eigenvalue weighted by Gasteiger charge is -2.02. The third-order valence-corrected chi connectivity index (χ3v) is 3.41. The van der Waals surface area contributed by atoms with Gasteiger partial charge in [-0.3, -0.25) is 9.59 Å². The van der Waals surface area contributed by atoms with Crippen molar-refractivity contribution < 1.29 is 9.59 Å². The van der Waals surface area contributed by atoms with E-state index in [0.29, 0.717) is 6.54 Å². The van der Waals surface area contributed by atoms with Gasteiger partial charge in [-0.15, -0.1) is 0 Å². The predicted molar refractivity (Wildman–Crippen MR) is 92.1 cm³/mol. The summed E-state index contributed by atoms with van der Waals surface area (Å²) in [7, 11) is 0. The molecule has 0 aromatic heterocycles. The molecule has 0 bridgehead atoms. The lowest BCUT2D eigenvalue weighted by molar-refractivity contribution is -0.116. The second-order valence-electron chi connectivity index (χ2n) is 4.68. The molecule has 1 N–H and O–H groups in total. The average Bonchev–Trinajstić information content (AvgIpc) is 2.46. The van der Waals surface area contributed by atoms with Crippen LogP contribution in [0.4, 0.5) is 0 Å². The summed E-state index contributed by atoms with van der Waals surface area (Å²) in [6.07, 6.45) is 15.4. The van der Waals surface area contributed by atoms with Gasteiger partial charge in [0.25, 0.3) is 0 Å². The maximum Gasteiger partial charge on any atom is 0.244 e. The summed E-state index contributed by atoms with van der Waals surface area (Å²) in [6.45, 7) is 4.79. The SMILES string of the molecule is C/C=C/C=C/C(=O)S/C=C\C(=O)NCCCCCCCC. The molecule has 0 aliphatic carbocycles. The highest BCUT2D eigenvalue weighted by molar-refractivity contribution is 8.16. The molecule has 0 saturated heterocycles.